The van der Waals surface area contributed by atoms with E-state index < -0.39 is 4.92 Å². The highest BCUT2D eigenvalue weighted by Gasteiger charge is 2.13. The van der Waals surface area contributed by atoms with E-state index in [0.717, 1.165) is 18.8 Å². The molecule has 0 aromatic carbocycles. The monoisotopic (exact) mass is 224 g/mol. The summed E-state index contributed by atoms with van der Waals surface area (Å²) in [6, 6.07) is 3.14. The number of aromatic nitrogens is 1. The molecule has 0 bridgehead atoms. The van der Waals surface area contributed by atoms with E-state index in [1.54, 1.807) is 13.0 Å². The van der Waals surface area contributed by atoms with E-state index in [1.807, 2.05) is 11.9 Å². The number of hydrogen-bond acceptors (Lipinski definition) is 5. The second-order valence-electron chi connectivity index (χ2n) is 3.59. The molecular formula is C10H16N4O2. The lowest BCUT2D eigenvalue weighted by molar-refractivity contribution is -0.385. The number of nitrogens with zero attached hydrogens (tertiary/aromatic N) is 3. The van der Waals surface area contributed by atoms with Crippen molar-refractivity contribution in [2.24, 2.45) is 5.73 Å². The summed E-state index contributed by atoms with van der Waals surface area (Å²) in [7, 11) is 1.89. The van der Waals surface area contributed by atoms with Crippen LogP contribution in [-0.2, 0) is 0 Å². The Labute approximate surface area is 94.2 Å². The average molecular weight is 224 g/mol. The number of pyridine rings is 1. The van der Waals surface area contributed by atoms with Crippen LogP contribution < -0.4 is 10.6 Å². The van der Waals surface area contributed by atoms with Gasteiger partial charge in [-0.2, -0.15) is 0 Å². The maximum absolute atomic E-state index is 10.6. The topological polar surface area (TPSA) is 85.3 Å². The van der Waals surface area contributed by atoms with Crippen LogP contribution in [0.3, 0.4) is 0 Å². The zero-order valence-corrected chi connectivity index (χ0v) is 9.51. The van der Waals surface area contributed by atoms with E-state index in [2.05, 4.69) is 4.98 Å². The molecule has 1 heterocycles. The number of anilines is 1. The molecule has 0 aliphatic rings. The zero-order chi connectivity index (χ0) is 12.1. The zero-order valence-electron chi connectivity index (χ0n) is 9.51. The molecule has 1 aromatic rings. The molecule has 1 rings (SSSR count). The van der Waals surface area contributed by atoms with Crippen molar-refractivity contribution >= 4 is 11.5 Å². The van der Waals surface area contributed by atoms with Gasteiger partial charge in [0.2, 0.25) is 0 Å². The smallest absolute Gasteiger partial charge is 0.290 e. The highest BCUT2D eigenvalue weighted by molar-refractivity contribution is 5.46. The van der Waals surface area contributed by atoms with Gasteiger partial charge in [0.15, 0.2) is 0 Å². The van der Waals surface area contributed by atoms with Crippen LogP contribution in [0.4, 0.5) is 11.5 Å². The van der Waals surface area contributed by atoms with Gasteiger partial charge in [-0.05, 0) is 26.0 Å². The Hall–Kier alpha value is -1.69. The first-order chi connectivity index (χ1) is 7.56. The third kappa shape index (κ3) is 2.90. The molecule has 0 aliphatic carbocycles. The van der Waals surface area contributed by atoms with E-state index in [0.29, 0.717) is 12.2 Å². The summed E-state index contributed by atoms with van der Waals surface area (Å²) in [6.45, 7) is 3.05. The fourth-order valence-corrected chi connectivity index (χ4v) is 1.39. The molecule has 0 aliphatic heterocycles. The van der Waals surface area contributed by atoms with Gasteiger partial charge < -0.3 is 10.6 Å². The minimum atomic E-state index is -0.425. The molecule has 0 saturated heterocycles. The first kappa shape index (κ1) is 12.4. The van der Waals surface area contributed by atoms with Gasteiger partial charge in [0.1, 0.15) is 11.5 Å². The summed E-state index contributed by atoms with van der Waals surface area (Å²) in [6.07, 6.45) is 0.869. The molecule has 0 amide bonds. The van der Waals surface area contributed by atoms with Gasteiger partial charge in [-0.3, -0.25) is 10.1 Å². The summed E-state index contributed by atoms with van der Waals surface area (Å²) in [5, 5.41) is 10.6. The van der Waals surface area contributed by atoms with Crippen LogP contribution in [0.15, 0.2) is 12.1 Å². The third-order valence-electron chi connectivity index (χ3n) is 2.33. The first-order valence-corrected chi connectivity index (χ1v) is 5.09. The minimum absolute atomic E-state index is 0.0518. The normalized spacial score (nSPS) is 10.2. The maximum atomic E-state index is 10.6. The predicted molar refractivity (Wildman–Crippen MR) is 62.6 cm³/mol. The molecule has 16 heavy (non-hydrogen) atoms. The van der Waals surface area contributed by atoms with Crippen molar-refractivity contribution in [3.05, 3.63) is 27.9 Å². The molecule has 6 nitrogen and oxygen atoms in total. The molecule has 0 unspecified atom stereocenters. The highest BCUT2D eigenvalue weighted by Crippen LogP contribution is 2.19. The van der Waals surface area contributed by atoms with E-state index in [4.69, 9.17) is 5.73 Å². The fourth-order valence-electron chi connectivity index (χ4n) is 1.39. The summed E-state index contributed by atoms with van der Waals surface area (Å²) in [5.41, 5.74) is 5.90. The van der Waals surface area contributed by atoms with Gasteiger partial charge in [-0.25, -0.2) is 4.98 Å². The molecule has 0 atom stereocenters. The molecule has 0 radical (unpaired) electrons. The Kier molecular flexibility index (Phi) is 4.19. The first-order valence-electron chi connectivity index (χ1n) is 5.09. The molecule has 1 aromatic heterocycles. The van der Waals surface area contributed by atoms with Crippen LogP contribution in [0, 0.1) is 17.0 Å². The number of hydrogen-bond donors (Lipinski definition) is 1. The van der Waals surface area contributed by atoms with Gasteiger partial charge in [-0.1, -0.05) is 0 Å². The van der Waals surface area contributed by atoms with Gasteiger partial charge in [-0.15, -0.1) is 0 Å². The predicted octanol–water partition coefficient (Wildman–Crippen LogP) is 1.08. The lowest BCUT2D eigenvalue weighted by atomic mass is 10.3. The number of nitrogens with two attached hydrogens (primary N) is 1. The Bertz CT molecular complexity index is 381. The Morgan fingerprint density at radius 2 is 2.25 bits per heavy atom. The summed E-state index contributed by atoms with van der Waals surface area (Å²) >= 11 is 0. The molecule has 0 spiro atoms. The van der Waals surface area contributed by atoms with Crippen molar-refractivity contribution in [1.29, 1.82) is 0 Å². The van der Waals surface area contributed by atoms with E-state index >= 15 is 0 Å². The maximum Gasteiger partial charge on any atom is 0.290 e. The quantitative estimate of drug-likeness (QED) is 0.597. The van der Waals surface area contributed by atoms with Gasteiger partial charge >= 0.3 is 0 Å². The van der Waals surface area contributed by atoms with Crippen LogP contribution in [0.5, 0.6) is 0 Å². The molecule has 2 N–H and O–H groups in total. The van der Waals surface area contributed by atoms with Crippen molar-refractivity contribution in [2.45, 2.75) is 13.3 Å². The van der Waals surface area contributed by atoms with Crippen LogP contribution in [0.1, 0.15) is 12.1 Å². The standard InChI is InChI=1S/C10H16N4O2/c1-8-9(14(15)16)4-5-10(12-8)13(2)7-3-6-11/h4-5H,3,6-7,11H2,1-2H3. The fraction of sp³-hybridized carbons (Fsp3) is 0.500. The van der Waals surface area contributed by atoms with E-state index in [9.17, 15) is 10.1 Å². The SMILES string of the molecule is Cc1nc(N(C)CCCN)ccc1[N+](=O)[O-]. The molecule has 6 heteroatoms. The van der Waals surface area contributed by atoms with Crippen molar-refractivity contribution in [1.82, 2.24) is 4.98 Å². The van der Waals surface area contributed by atoms with Crippen LogP contribution >= 0.6 is 0 Å². The van der Waals surface area contributed by atoms with Crippen molar-refractivity contribution in [3.63, 3.8) is 0 Å². The average Bonchev–Trinajstić information content (AvgIpc) is 2.25. The second-order valence-corrected chi connectivity index (χ2v) is 3.59. The Balaban J connectivity index is 2.84. The summed E-state index contributed by atoms with van der Waals surface area (Å²) < 4.78 is 0. The number of nitro groups is 1. The Morgan fingerprint density at radius 3 is 2.75 bits per heavy atom. The largest absolute Gasteiger partial charge is 0.360 e. The van der Waals surface area contributed by atoms with E-state index in [1.165, 1.54) is 6.07 Å². The molecular weight excluding hydrogens is 208 g/mol. The summed E-state index contributed by atoms with van der Waals surface area (Å²) in [4.78, 5) is 16.3. The van der Waals surface area contributed by atoms with Crippen LogP contribution in [0.2, 0.25) is 0 Å². The number of rotatable bonds is 5. The van der Waals surface area contributed by atoms with Gasteiger partial charge in [0.05, 0.1) is 4.92 Å². The lowest BCUT2D eigenvalue weighted by Crippen LogP contribution is -2.22. The molecule has 0 fully saturated rings. The van der Waals surface area contributed by atoms with E-state index in [-0.39, 0.29) is 5.69 Å². The van der Waals surface area contributed by atoms with Gasteiger partial charge in [0.25, 0.3) is 5.69 Å². The van der Waals surface area contributed by atoms with Crippen molar-refractivity contribution in [2.75, 3.05) is 25.0 Å². The highest BCUT2D eigenvalue weighted by atomic mass is 16.6. The summed E-state index contributed by atoms with van der Waals surface area (Å²) in [5.74, 6) is 0.733. The van der Waals surface area contributed by atoms with Crippen molar-refractivity contribution in [3.8, 4) is 0 Å². The number of aryl methyl sites for hydroxylation is 1. The molecule has 88 valence electrons. The Morgan fingerprint density at radius 1 is 1.56 bits per heavy atom. The molecule has 0 saturated carbocycles. The third-order valence-corrected chi connectivity index (χ3v) is 2.33. The minimum Gasteiger partial charge on any atom is -0.360 e. The van der Waals surface area contributed by atoms with Gasteiger partial charge in [0, 0.05) is 19.7 Å². The second kappa shape index (κ2) is 5.41. The van der Waals surface area contributed by atoms with Crippen molar-refractivity contribution < 1.29 is 4.92 Å². The van der Waals surface area contributed by atoms with Crippen LogP contribution in [-0.4, -0.2) is 30.0 Å². The lowest BCUT2D eigenvalue weighted by Gasteiger charge is -2.17. The van der Waals surface area contributed by atoms with Crippen LogP contribution in [0.25, 0.3) is 0 Å².